The fourth-order valence-electron chi connectivity index (χ4n) is 19.1. The van der Waals surface area contributed by atoms with Crippen LogP contribution in [0.2, 0.25) is 0 Å². The number of phenols is 4. The Labute approximate surface area is 521 Å². The third kappa shape index (κ3) is 9.25. The predicted molar refractivity (Wildman–Crippen MR) is 341 cm³/mol. The molecule has 14 nitrogen and oxygen atoms in total. The van der Waals surface area contributed by atoms with Gasteiger partial charge < -0.3 is 39.4 Å². The van der Waals surface area contributed by atoms with Gasteiger partial charge in [-0.2, -0.15) is 10.5 Å². The van der Waals surface area contributed by atoms with Crippen molar-refractivity contribution in [3.8, 4) is 69.6 Å². The Kier molecular flexibility index (Phi) is 14.7. The molecule has 2 spiro atoms. The maximum atomic E-state index is 11.3. The Balaban J connectivity index is 0.000000171. The van der Waals surface area contributed by atoms with Gasteiger partial charge in [0.15, 0.2) is 57.5 Å². The molecule has 88 heavy (non-hydrogen) atoms. The number of fused-ring (bicyclic) bond motifs is 10. The fourth-order valence-corrected chi connectivity index (χ4v) is 19.1. The first-order valence-electron chi connectivity index (χ1n) is 32.7. The van der Waals surface area contributed by atoms with Crippen LogP contribution < -0.4 is 18.9 Å². The third-order valence-corrected chi connectivity index (χ3v) is 22.6. The van der Waals surface area contributed by atoms with Gasteiger partial charge in [-0.15, -0.1) is 0 Å². The summed E-state index contributed by atoms with van der Waals surface area (Å²) in [5, 5.41) is 65.1. The maximum absolute atomic E-state index is 11.3. The Morgan fingerprint density at radius 3 is 1.15 bits per heavy atom. The van der Waals surface area contributed by atoms with Gasteiger partial charge in [0.05, 0.1) is 14.2 Å². The van der Waals surface area contributed by atoms with Gasteiger partial charge in [0.25, 0.3) is 0 Å². The molecule has 5 aromatic carbocycles. The maximum Gasteiger partial charge on any atom is 0.189 e. The average Bonchev–Trinajstić information content (AvgIpc) is 1.51. The minimum absolute atomic E-state index is 0.00178. The molecule has 14 heteroatoms. The van der Waals surface area contributed by atoms with Crippen LogP contribution in [0.1, 0.15) is 221 Å². The van der Waals surface area contributed by atoms with Gasteiger partial charge >= 0.3 is 0 Å². The lowest BCUT2D eigenvalue weighted by atomic mass is 9.70. The van der Waals surface area contributed by atoms with Crippen LogP contribution in [0.15, 0.2) is 24.3 Å². The van der Waals surface area contributed by atoms with Gasteiger partial charge in [-0.1, -0.05) is 55.4 Å². The lowest BCUT2D eigenvalue weighted by Crippen LogP contribution is -2.31. The summed E-state index contributed by atoms with van der Waals surface area (Å²) in [6.45, 7) is 33.2. The van der Waals surface area contributed by atoms with E-state index in [0.717, 1.165) is 178 Å². The molecule has 4 fully saturated rings. The van der Waals surface area contributed by atoms with Crippen LogP contribution in [-0.2, 0) is 58.7 Å². The molecule has 5 heterocycles. The number of methoxy groups -OCH3 is 2. The number of ether oxygens (including phenoxy) is 4. The van der Waals surface area contributed by atoms with Crippen molar-refractivity contribution in [1.82, 2.24) is 19.6 Å². The van der Waals surface area contributed by atoms with Crippen molar-refractivity contribution in [3.05, 3.63) is 113 Å². The van der Waals surface area contributed by atoms with E-state index in [-0.39, 0.29) is 50.1 Å². The zero-order valence-electron chi connectivity index (χ0n) is 54.4. The first kappa shape index (κ1) is 60.2. The van der Waals surface area contributed by atoms with Crippen molar-refractivity contribution in [2.75, 3.05) is 66.6 Å². The van der Waals surface area contributed by atoms with Crippen LogP contribution in [0.5, 0.6) is 57.5 Å². The number of aromatic hydroxyl groups is 4. The van der Waals surface area contributed by atoms with Gasteiger partial charge in [-0.25, -0.2) is 0 Å². The molecule has 466 valence electrons. The highest BCUT2D eigenvalue weighted by molar-refractivity contribution is 5.76. The highest BCUT2D eigenvalue weighted by Crippen LogP contribution is 2.70. The molecule has 9 aliphatic rings. The zero-order valence-corrected chi connectivity index (χ0v) is 54.4. The second-order valence-corrected chi connectivity index (χ2v) is 30.3. The van der Waals surface area contributed by atoms with Crippen molar-refractivity contribution < 1.29 is 39.4 Å². The normalized spacial score (nSPS) is 22.9. The summed E-state index contributed by atoms with van der Waals surface area (Å²) in [5.74, 6) is 3.57. The monoisotopic (exact) mass is 1190 g/mol. The highest BCUT2D eigenvalue weighted by atomic mass is 16.6. The summed E-state index contributed by atoms with van der Waals surface area (Å²) < 4.78 is 26.1. The molecule has 5 aromatic rings. The summed E-state index contributed by atoms with van der Waals surface area (Å²) in [7, 11) is 3.53. The van der Waals surface area contributed by atoms with E-state index >= 15 is 0 Å². The quantitative estimate of drug-likeness (QED) is 0.0952. The van der Waals surface area contributed by atoms with Crippen molar-refractivity contribution in [2.24, 2.45) is 0 Å². The summed E-state index contributed by atoms with van der Waals surface area (Å²) in [6, 6.07) is 12.8. The number of rotatable bonds is 10. The second-order valence-electron chi connectivity index (χ2n) is 30.3. The van der Waals surface area contributed by atoms with E-state index in [2.05, 4.69) is 99.3 Å². The van der Waals surface area contributed by atoms with E-state index in [1.54, 1.807) is 26.4 Å². The fraction of sp³-hybridized carbons (Fsp3) is 0.568. The smallest absolute Gasteiger partial charge is 0.189 e. The number of nitriles is 2. The number of likely N-dealkylation sites (tertiary alicyclic amines) is 4. The first-order valence-corrected chi connectivity index (χ1v) is 32.7. The van der Waals surface area contributed by atoms with Gasteiger partial charge in [0.1, 0.15) is 23.3 Å². The number of phenolic OH excluding ortho intramolecular Hbond substituents is 4. The van der Waals surface area contributed by atoms with Crippen molar-refractivity contribution in [3.63, 3.8) is 0 Å². The Hall–Kier alpha value is -6.68. The van der Waals surface area contributed by atoms with Crippen LogP contribution in [0, 0.1) is 36.5 Å². The molecule has 4 N–H and O–H groups in total. The highest BCUT2D eigenvalue weighted by Gasteiger charge is 2.61. The molecule has 0 saturated carbocycles. The van der Waals surface area contributed by atoms with E-state index in [4.69, 9.17) is 18.9 Å². The Morgan fingerprint density at radius 1 is 0.443 bits per heavy atom. The zero-order chi connectivity index (χ0) is 62.4. The van der Waals surface area contributed by atoms with Crippen LogP contribution in [0.4, 0.5) is 0 Å². The number of hydrogen-bond donors (Lipinski definition) is 4. The van der Waals surface area contributed by atoms with E-state index in [1.807, 2.05) is 13.8 Å². The van der Waals surface area contributed by atoms with Crippen molar-refractivity contribution in [1.29, 1.82) is 10.5 Å². The predicted octanol–water partition coefficient (Wildman–Crippen LogP) is 14.2. The minimum atomic E-state index is -0.419. The Bertz CT molecular complexity index is 3690. The minimum Gasteiger partial charge on any atom is -0.504 e. The van der Waals surface area contributed by atoms with E-state index in [9.17, 15) is 30.9 Å². The van der Waals surface area contributed by atoms with Gasteiger partial charge in [0, 0.05) is 59.3 Å². The molecule has 5 aliphatic heterocycles. The average molecular weight is 1190 g/mol. The van der Waals surface area contributed by atoms with E-state index in [0.29, 0.717) is 47.2 Å². The molecule has 0 aromatic heterocycles. The topological polar surface area (TPSA) is 178 Å². The number of hydrogen-bond acceptors (Lipinski definition) is 14. The lowest BCUT2D eigenvalue weighted by molar-refractivity contribution is 0.300. The Morgan fingerprint density at radius 2 is 0.773 bits per heavy atom. The lowest BCUT2D eigenvalue weighted by Gasteiger charge is -2.36. The number of nitrogens with zero attached hydrogens (tertiary/aromatic N) is 6. The van der Waals surface area contributed by atoms with Crippen LogP contribution in [0.3, 0.4) is 0 Å². The van der Waals surface area contributed by atoms with Crippen LogP contribution >= 0.6 is 0 Å². The second kappa shape index (κ2) is 21.5. The van der Waals surface area contributed by atoms with Crippen LogP contribution in [-0.4, -0.2) is 107 Å². The summed E-state index contributed by atoms with van der Waals surface area (Å²) in [5.41, 5.74) is 14.7. The first-order chi connectivity index (χ1) is 41.8. The molecule has 4 saturated heterocycles. The van der Waals surface area contributed by atoms with E-state index < -0.39 is 5.41 Å². The van der Waals surface area contributed by atoms with Crippen LogP contribution in [0.25, 0.3) is 0 Å². The summed E-state index contributed by atoms with van der Waals surface area (Å²) >= 11 is 0. The molecule has 1 atom stereocenters. The molecule has 1 unspecified atom stereocenters. The van der Waals surface area contributed by atoms with E-state index in [1.165, 1.54) is 53.5 Å². The molecular formula is C74H92N6O8. The van der Waals surface area contributed by atoms with Crippen molar-refractivity contribution in [2.45, 2.75) is 205 Å². The largest absolute Gasteiger partial charge is 0.504 e. The molecule has 0 amide bonds. The van der Waals surface area contributed by atoms with Gasteiger partial charge in [-0.3, -0.25) is 19.6 Å². The van der Waals surface area contributed by atoms with Gasteiger partial charge in [-0.05, 0) is 245 Å². The van der Waals surface area contributed by atoms with Crippen molar-refractivity contribution >= 4 is 0 Å². The standard InChI is InChI=1S/C43H50N4O4.C31H42N2O4/c1-25-26(2)28(20-45)40-39(27(25)19-44)50-34-18-32-36(30(38(34)51-40)22-47-15-11-12-16-47)43(24-42(32,5)6)23-41(3,4)31-17-33(48-7)37(49-8)29(35(31)43)21-46-13-9-10-14-46;1-29(2)17-31(25-19(15-32-9-5-6-10-32)27(36)23(34)13-21(25)29)18-30(3,4)22-14-24(35)28(37)20(26(22)31)16-33-11-7-8-12-33/h17-18H,9-16,21-24H2,1-8H3;13-14,34-37H,5-12,15-18H2,1-4H3. The third-order valence-electron chi connectivity index (χ3n) is 22.6. The van der Waals surface area contributed by atoms with Gasteiger partial charge in [0.2, 0.25) is 0 Å². The number of benzene rings is 5. The molecule has 0 radical (unpaired) electrons. The summed E-state index contributed by atoms with van der Waals surface area (Å²) in [4.78, 5) is 9.88. The molecule has 4 aliphatic carbocycles. The molecular weight excluding hydrogens is 1100 g/mol. The molecule has 14 rings (SSSR count). The molecule has 0 bridgehead atoms. The SMILES string of the molecule is CC1(C)CC2(CC(C)(C)c3cc(O)c(O)c(CN4CCCC4)c32)c2c1cc(O)c(O)c2CN1CCCC1.COc1cc2c(c(CN3CCCC3)c1OC)C1(CC2(C)C)CC(C)(C)c2cc3c(c(CN4CCCC4)c21)Oc1c(C#N)c(C)c(C)c(C#N)c1O3. The summed E-state index contributed by atoms with van der Waals surface area (Å²) in [6.07, 6.45) is 12.9.